The second kappa shape index (κ2) is 9.40. The molecule has 3 rings (SSSR count). The van der Waals surface area contributed by atoms with Crippen molar-refractivity contribution in [2.75, 3.05) is 33.3 Å². The lowest BCUT2D eigenvalue weighted by Crippen LogP contribution is -2.44. The number of nitrogens with zero attached hydrogens (tertiary/aromatic N) is 2. The van der Waals surface area contributed by atoms with Crippen LogP contribution in [0.3, 0.4) is 0 Å². The van der Waals surface area contributed by atoms with Gasteiger partial charge in [0.25, 0.3) is 0 Å². The van der Waals surface area contributed by atoms with Crippen molar-refractivity contribution in [1.82, 2.24) is 10.2 Å². The molecule has 0 radical (unpaired) electrons. The number of likely N-dealkylation sites (tertiary alicyclic amines) is 1. The van der Waals surface area contributed by atoms with Crippen LogP contribution < -0.4 is 5.32 Å². The van der Waals surface area contributed by atoms with E-state index in [-0.39, 0.29) is 30.1 Å². The molecule has 2 saturated heterocycles. The van der Waals surface area contributed by atoms with Gasteiger partial charge in [-0.3, -0.25) is 4.99 Å². The third-order valence-electron chi connectivity index (χ3n) is 5.56. The Morgan fingerprint density at radius 1 is 1.31 bits per heavy atom. The maximum absolute atomic E-state index is 6.15. The number of halogens is 1. The highest BCUT2D eigenvalue weighted by atomic mass is 127. The Balaban J connectivity index is 0.00000243. The molecule has 5 heteroatoms. The van der Waals surface area contributed by atoms with Crippen LogP contribution in [0.2, 0.25) is 0 Å². The van der Waals surface area contributed by atoms with Crippen molar-refractivity contribution in [1.29, 1.82) is 0 Å². The molecule has 2 unspecified atom stereocenters. The minimum absolute atomic E-state index is 0. The zero-order valence-corrected chi connectivity index (χ0v) is 19.0. The summed E-state index contributed by atoms with van der Waals surface area (Å²) in [6.45, 7) is 10.8. The molecule has 4 nitrogen and oxygen atoms in total. The van der Waals surface area contributed by atoms with Crippen molar-refractivity contribution in [3.05, 3.63) is 35.4 Å². The first-order valence-corrected chi connectivity index (χ1v) is 9.62. The summed E-state index contributed by atoms with van der Waals surface area (Å²) in [5.74, 6) is 1.53. The number of guanidine groups is 1. The van der Waals surface area contributed by atoms with Gasteiger partial charge < -0.3 is 15.0 Å². The number of aryl methyl sites for hydroxylation is 1. The van der Waals surface area contributed by atoms with Gasteiger partial charge in [0.2, 0.25) is 0 Å². The summed E-state index contributed by atoms with van der Waals surface area (Å²) < 4.78 is 6.15. The van der Waals surface area contributed by atoms with E-state index in [1.807, 2.05) is 7.05 Å². The fourth-order valence-corrected chi connectivity index (χ4v) is 4.02. The van der Waals surface area contributed by atoms with Crippen molar-refractivity contribution in [3.8, 4) is 0 Å². The molecule has 0 spiro atoms. The van der Waals surface area contributed by atoms with E-state index in [0.29, 0.717) is 11.3 Å². The standard InChI is InChI=1S/C21H33N3O.HI/c1-16-7-9-17(10-8-16)19-18(6-5-13-25-19)14-23-20(22-4)24-12-11-21(2,3)15-24;/h7-10,18-19H,5-6,11-15H2,1-4H3,(H,22,23);1H. The van der Waals surface area contributed by atoms with E-state index in [1.165, 1.54) is 24.0 Å². The Hall–Kier alpha value is -0.820. The van der Waals surface area contributed by atoms with Crippen molar-refractivity contribution in [3.63, 3.8) is 0 Å². The molecule has 0 bridgehead atoms. The Morgan fingerprint density at radius 3 is 2.65 bits per heavy atom. The van der Waals surface area contributed by atoms with E-state index in [1.54, 1.807) is 0 Å². The van der Waals surface area contributed by atoms with Crippen LogP contribution in [0.1, 0.15) is 50.3 Å². The van der Waals surface area contributed by atoms with Crippen molar-refractivity contribution >= 4 is 29.9 Å². The zero-order chi connectivity index (χ0) is 17.9. The van der Waals surface area contributed by atoms with Gasteiger partial charge in [0.15, 0.2) is 5.96 Å². The van der Waals surface area contributed by atoms with Crippen LogP contribution in [0, 0.1) is 18.3 Å². The van der Waals surface area contributed by atoms with Crippen LogP contribution in [0.4, 0.5) is 0 Å². The Morgan fingerprint density at radius 2 is 2.04 bits per heavy atom. The van der Waals surface area contributed by atoms with Gasteiger partial charge >= 0.3 is 0 Å². The molecule has 2 atom stereocenters. The Labute approximate surface area is 175 Å². The second-order valence-electron chi connectivity index (χ2n) is 8.37. The highest BCUT2D eigenvalue weighted by Gasteiger charge is 2.32. The number of hydrogen-bond acceptors (Lipinski definition) is 2. The molecule has 146 valence electrons. The third kappa shape index (κ3) is 5.35. The molecule has 0 aromatic heterocycles. The number of aliphatic imine (C=N–C) groups is 1. The normalized spacial score (nSPS) is 25.7. The SMILES string of the molecule is CN=C(NCC1CCCOC1c1ccc(C)cc1)N1CCC(C)(C)C1.I. The van der Waals surface area contributed by atoms with Crippen molar-refractivity contribution in [2.45, 2.75) is 46.1 Å². The molecule has 2 heterocycles. The molecule has 1 N–H and O–H groups in total. The van der Waals surface area contributed by atoms with E-state index >= 15 is 0 Å². The molecule has 1 aromatic rings. The minimum atomic E-state index is 0. The van der Waals surface area contributed by atoms with E-state index in [4.69, 9.17) is 4.74 Å². The van der Waals surface area contributed by atoms with Crippen LogP contribution in [-0.4, -0.2) is 44.1 Å². The van der Waals surface area contributed by atoms with E-state index in [0.717, 1.165) is 38.6 Å². The van der Waals surface area contributed by atoms with Crippen LogP contribution in [-0.2, 0) is 4.74 Å². The highest BCUT2D eigenvalue weighted by Crippen LogP contribution is 2.33. The average Bonchev–Trinajstić information content (AvgIpc) is 2.96. The molecular weight excluding hydrogens is 437 g/mol. The maximum Gasteiger partial charge on any atom is 0.193 e. The topological polar surface area (TPSA) is 36.9 Å². The fraction of sp³-hybridized carbons (Fsp3) is 0.667. The van der Waals surface area contributed by atoms with Gasteiger partial charge in [-0.05, 0) is 37.2 Å². The Bertz CT molecular complexity index is 600. The predicted octanol–water partition coefficient (Wildman–Crippen LogP) is 4.39. The van der Waals surface area contributed by atoms with Gasteiger partial charge in [0.05, 0.1) is 6.10 Å². The van der Waals surface area contributed by atoms with Gasteiger partial charge in [-0.2, -0.15) is 0 Å². The molecule has 1 aromatic carbocycles. The molecule has 26 heavy (non-hydrogen) atoms. The van der Waals surface area contributed by atoms with Crippen molar-refractivity contribution in [2.24, 2.45) is 16.3 Å². The number of rotatable bonds is 3. The van der Waals surface area contributed by atoms with E-state index in [2.05, 4.69) is 60.2 Å². The molecule has 0 aliphatic carbocycles. The summed E-state index contributed by atoms with van der Waals surface area (Å²) in [6, 6.07) is 8.80. The minimum Gasteiger partial charge on any atom is -0.373 e. The molecule has 0 saturated carbocycles. The largest absolute Gasteiger partial charge is 0.373 e. The summed E-state index contributed by atoms with van der Waals surface area (Å²) in [7, 11) is 1.89. The van der Waals surface area contributed by atoms with Gasteiger partial charge in [-0.25, -0.2) is 0 Å². The van der Waals surface area contributed by atoms with Gasteiger partial charge in [-0.1, -0.05) is 43.7 Å². The quantitative estimate of drug-likeness (QED) is 0.404. The van der Waals surface area contributed by atoms with E-state index in [9.17, 15) is 0 Å². The first-order chi connectivity index (χ1) is 12.0. The van der Waals surface area contributed by atoms with Gasteiger partial charge in [0, 0.05) is 39.2 Å². The fourth-order valence-electron chi connectivity index (χ4n) is 4.02. The summed E-state index contributed by atoms with van der Waals surface area (Å²) in [6.07, 6.45) is 3.76. The van der Waals surface area contributed by atoms with Crippen molar-refractivity contribution < 1.29 is 4.74 Å². The Kier molecular flexibility index (Phi) is 7.76. The highest BCUT2D eigenvalue weighted by molar-refractivity contribution is 14.0. The predicted molar refractivity (Wildman–Crippen MR) is 119 cm³/mol. The molecule has 2 aliphatic heterocycles. The van der Waals surface area contributed by atoms with Crippen LogP contribution in [0.15, 0.2) is 29.3 Å². The van der Waals surface area contributed by atoms with Gasteiger partial charge in [0.1, 0.15) is 0 Å². The number of benzene rings is 1. The summed E-state index contributed by atoms with van der Waals surface area (Å²) in [5.41, 5.74) is 2.98. The van der Waals surface area contributed by atoms with Crippen LogP contribution >= 0.6 is 24.0 Å². The lowest BCUT2D eigenvalue weighted by Gasteiger charge is -2.33. The van der Waals surface area contributed by atoms with E-state index < -0.39 is 0 Å². The zero-order valence-electron chi connectivity index (χ0n) is 16.6. The summed E-state index contributed by atoms with van der Waals surface area (Å²) in [5, 5.41) is 3.63. The molecule has 2 aliphatic rings. The lowest BCUT2D eigenvalue weighted by molar-refractivity contribution is -0.0266. The number of nitrogens with one attached hydrogen (secondary N) is 1. The summed E-state index contributed by atoms with van der Waals surface area (Å²) in [4.78, 5) is 6.91. The maximum atomic E-state index is 6.15. The monoisotopic (exact) mass is 471 g/mol. The summed E-state index contributed by atoms with van der Waals surface area (Å²) >= 11 is 0. The molecule has 0 amide bonds. The second-order valence-corrected chi connectivity index (χ2v) is 8.37. The number of ether oxygens (including phenoxy) is 1. The van der Waals surface area contributed by atoms with Crippen LogP contribution in [0.25, 0.3) is 0 Å². The van der Waals surface area contributed by atoms with Crippen LogP contribution in [0.5, 0.6) is 0 Å². The third-order valence-corrected chi connectivity index (χ3v) is 5.56. The molecular formula is C21H34IN3O. The molecule has 2 fully saturated rings. The average molecular weight is 471 g/mol. The number of hydrogen-bond donors (Lipinski definition) is 1. The van der Waals surface area contributed by atoms with Gasteiger partial charge in [-0.15, -0.1) is 24.0 Å². The first kappa shape index (κ1) is 21.5. The smallest absolute Gasteiger partial charge is 0.193 e. The lowest BCUT2D eigenvalue weighted by atomic mass is 9.89. The first-order valence-electron chi connectivity index (χ1n) is 9.62.